The van der Waals surface area contributed by atoms with Crippen LogP contribution >= 0.6 is 0 Å². The van der Waals surface area contributed by atoms with E-state index in [9.17, 15) is 13.2 Å². The van der Waals surface area contributed by atoms with E-state index in [1.54, 1.807) is 0 Å². The molecule has 6 heteroatoms. The van der Waals surface area contributed by atoms with Crippen LogP contribution in [-0.4, -0.2) is 32.5 Å². The maximum atomic E-state index is 11.8. The van der Waals surface area contributed by atoms with Crippen molar-refractivity contribution in [3.63, 3.8) is 0 Å². The van der Waals surface area contributed by atoms with E-state index in [0.29, 0.717) is 13.0 Å². The second-order valence-electron chi connectivity index (χ2n) is 4.30. The van der Waals surface area contributed by atoms with Crippen LogP contribution in [0.1, 0.15) is 18.9 Å². The summed E-state index contributed by atoms with van der Waals surface area (Å²) in [7, 11) is 0. The predicted octanol–water partition coefficient (Wildman–Crippen LogP) is 3.14. The molecule has 0 aromatic heterocycles. The highest BCUT2D eigenvalue weighted by Crippen LogP contribution is 2.15. The third-order valence-corrected chi connectivity index (χ3v) is 2.45. The van der Waals surface area contributed by atoms with Gasteiger partial charge in [0.2, 0.25) is 0 Å². The average molecular weight is 291 g/mol. The van der Waals surface area contributed by atoms with E-state index in [2.05, 4.69) is 10.1 Å². The molecular weight excluding hydrogens is 271 g/mol. The van der Waals surface area contributed by atoms with Gasteiger partial charge in [-0.15, -0.1) is 0 Å². The van der Waals surface area contributed by atoms with Crippen molar-refractivity contribution in [2.24, 2.45) is 0 Å². The van der Waals surface area contributed by atoms with E-state index in [-0.39, 0.29) is 6.61 Å². The molecule has 0 atom stereocenters. The highest BCUT2D eigenvalue weighted by molar-refractivity contribution is 5.28. The SMILES string of the molecule is CCNCc1cccc(OCCCOCC(F)(F)F)c1. The quantitative estimate of drug-likeness (QED) is 0.709. The fraction of sp³-hybridized carbons (Fsp3) is 0.571. The normalized spacial score (nSPS) is 11.6. The summed E-state index contributed by atoms with van der Waals surface area (Å²) in [4.78, 5) is 0. The molecule has 1 aromatic carbocycles. The summed E-state index contributed by atoms with van der Waals surface area (Å²) in [5, 5.41) is 3.21. The predicted molar refractivity (Wildman–Crippen MR) is 70.8 cm³/mol. The molecule has 3 nitrogen and oxygen atoms in total. The fourth-order valence-electron chi connectivity index (χ4n) is 1.55. The molecule has 0 radical (unpaired) electrons. The molecule has 0 saturated carbocycles. The summed E-state index contributed by atoms with van der Waals surface area (Å²) in [6, 6.07) is 7.62. The van der Waals surface area contributed by atoms with Crippen LogP contribution < -0.4 is 10.1 Å². The summed E-state index contributed by atoms with van der Waals surface area (Å²) >= 11 is 0. The maximum Gasteiger partial charge on any atom is 0.411 e. The first kappa shape index (κ1) is 16.8. The van der Waals surface area contributed by atoms with Crippen molar-refractivity contribution in [1.82, 2.24) is 5.32 Å². The molecular formula is C14H20F3NO2. The van der Waals surface area contributed by atoms with E-state index in [0.717, 1.165) is 24.4 Å². The van der Waals surface area contributed by atoms with Gasteiger partial charge in [0.1, 0.15) is 12.4 Å². The highest BCUT2D eigenvalue weighted by Gasteiger charge is 2.27. The standard InChI is InChI=1S/C14H20F3NO2/c1-2-18-10-12-5-3-6-13(9-12)20-8-4-7-19-11-14(15,16)17/h3,5-6,9,18H,2,4,7-8,10-11H2,1H3. The van der Waals surface area contributed by atoms with Crippen molar-refractivity contribution in [3.8, 4) is 5.75 Å². The number of rotatable bonds is 9. The first-order valence-electron chi connectivity index (χ1n) is 6.58. The van der Waals surface area contributed by atoms with E-state index < -0.39 is 12.8 Å². The van der Waals surface area contributed by atoms with Crippen LogP contribution in [0.5, 0.6) is 5.75 Å². The Morgan fingerprint density at radius 2 is 2.00 bits per heavy atom. The van der Waals surface area contributed by atoms with Gasteiger partial charge in [-0.1, -0.05) is 19.1 Å². The molecule has 1 N–H and O–H groups in total. The lowest BCUT2D eigenvalue weighted by Gasteiger charge is -2.09. The van der Waals surface area contributed by atoms with Crippen LogP contribution in [0.25, 0.3) is 0 Å². The Balaban J connectivity index is 2.18. The third-order valence-electron chi connectivity index (χ3n) is 2.45. The Kier molecular flexibility index (Phi) is 7.40. The van der Waals surface area contributed by atoms with Crippen LogP contribution in [-0.2, 0) is 11.3 Å². The minimum absolute atomic E-state index is 0.0383. The van der Waals surface area contributed by atoms with Gasteiger partial charge >= 0.3 is 6.18 Å². The zero-order valence-electron chi connectivity index (χ0n) is 11.5. The smallest absolute Gasteiger partial charge is 0.411 e. The molecule has 1 rings (SSSR count). The molecule has 1 aromatic rings. The molecule has 0 aliphatic rings. The van der Waals surface area contributed by atoms with Gasteiger partial charge in [-0.3, -0.25) is 0 Å². The van der Waals surface area contributed by atoms with E-state index in [1.165, 1.54) is 0 Å². The van der Waals surface area contributed by atoms with Gasteiger partial charge in [0.15, 0.2) is 0 Å². The Morgan fingerprint density at radius 3 is 2.70 bits per heavy atom. The number of halogens is 3. The largest absolute Gasteiger partial charge is 0.493 e. The molecule has 0 spiro atoms. The zero-order valence-corrected chi connectivity index (χ0v) is 11.5. The molecule has 0 aliphatic carbocycles. The number of ether oxygens (including phenoxy) is 2. The Hall–Kier alpha value is -1.27. The summed E-state index contributed by atoms with van der Waals surface area (Å²) in [5.41, 5.74) is 1.11. The minimum atomic E-state index is -4.26. The lowest BCUT2D eigenvalue weighted by Crippen LogP contribution is -2.18. The lowest BCUT2D eigenvalue weighted by molar-refractivity contribution is -0.174. The fourth-order valence-corrected chi connectivity index (χ4v) is 1.55. The van der Waals surface area contributed by atoms with Gasteiger partial charge in [-0.05, 0) is 24.2 Å². The molecule has 0 amide bonds. The van der Waals surface area contributed by atoms with Crippen molar-refractivity contribution in [3.05, 3.63) is 29.8 Å². The molecule has 0 aliphatic heterocycles. The second kappa shape index (κ2) is 8.81. The Morgan fingerprint density at radius 1 is 1.20 bits per heavy atom. The van der Waals surface area contributed by atoms with Gasteiger partial charge in [-0.2, -0.15) is 13.2 Å². The van der Waals surface area contributed by atoms with Crippen LogP contribution in [0.4, 0.5) is 13.2 Å². The van der Waals surface area contributed by atoms with Crippen molar-refractivity contribution in [1.29, 1.82) is 0 Å². The third kappa shape index (κ3) is 8.01. The lowest BCUT2D eigenvalue weighted by atomic mass is 10.2. The van der Waals surface area contributed by atoms with Gasteiger partial charge in [0.05, 0.1) is 13.2 Å². The van der Waals surface area contributed by atoms with E-state index >= 15 is 0 Å². The van der Waals surface area contributed by atoms with Crippen LogP contribution in [0.15, 0.2) is 24.3 Å². The zero-order chi connectivity index (χ0) is 14.8. The molecule has 0 heterocycles. The van der Waals surface area contributed by atoms with Gasteiger partial charge in [-0.25, -0.2) is 0 Å². The summed E-state index contributed by atoms with van der Waals surface area (Å²) in [6.07, 6.45) is -3.84. The number of nitrogens with one attached hydrogen (secondary N) is 1. The van der Waals surface area contributed by atoms with Crippen LogP contribution in [0.3, 0.4) is 0 Å². The van der Waals surface area contributed by atoms with Gasteiger partial charge < -0.3 is 14.8 Å². The topological polar surface area (TPSA) is 30.5 Å². The van der Waals surface area contributed by atoms with Gasteiger partial charge in [0, 0.05) is 13.0 Å². The van der Waals surface area contributed by atoms with E-state index in [1.807, 2.05) is 31.2 Å². The van der Waals surface area contributed by atoms with Crippen molar-refractivity contribution < 1.29 is 22.6 Å². The number of benzene rings is 1. The molecule has 0 bridgehead atoms. The van der Waals surface area contributed by atoms with Crippen molar-refractivity contribution >= 4 is 0 Å². The van der Waals surface area contributed by atoms with E-state index in [4.69, 9.17) is 4.74 Å². The second-order valence-corrected chi connectivity index (χ2v) is 4.30. The Bertz CT molecular complexity index is 383. The number of hydrogen-bond acceptors (Lipinski definition) is 3. The molecule has 20 heavy (non-hydrogen) atoms. The summed E-state index contributed by atoms with van der Waals surface area (Å²) in [6.45, 7) is 2.86. The Labute approximate surface area is 117 Å². The van der Waals surface area contributed by atoms with Gasteiger partial charge in [0.25, 0.3) is 0 Å². The first-order chi connectivity index (χ1) is 9.51. The van der Waals surface area contributed by atoms with Crippen LogP contribution in [0.2, 0.25) is 0 Å². The molecule has 114 valence electrons. The van der Waals surface area contributed by atoms with Crippen LogP contribution in [0, 0.1) is 0 Å². The molecule has 0 fully saturated rings. The summed E-state index contributed by atoms with van der Waals surface area (Å²) in [5.74, 6) is 0.719. The monoisotopic (exact) mass is 291 g/mol. The molecule has 0 unspecified atom stereocenters. The number of hydrogen-bond donors (Lipinski definition) is 1. The van der Waals surface area contributed by atoms with Crippen molar-refractivity contribution in [2.75, 3.05) is 26.4 Å². The minimum Gasteiger partial charge on any atom is -0.493 e. The van der Waals surface area contributed by atoms with Crippen molar-refractivity contribution in [2.45, 2.75) is 26.1 Å². The first-order valence-corrected chi connectivity index (χ1v) is 6.58. The number of alkyl halides is 3. The molecule has 0 saturated heterocycles. The average Bonchev–Trinajstić information content (AvgIpc) is 2.40. The maximum absolute atomic E-state index is 11.8. The highest BCUT2D eigenvalue weighted by atomic mass is 19.4. The summed E-state index contributed by atoms with van der Waals surface area (Å²) < 4.78 is 45.4.